The maximum Gasteiger partial charge on any atom is 0.208 e. The lowest BCUT2D eigenvalue weighted by Crippen LogP contribution is -2.41. The molecule has 0 aliphatic rings. The highest BCUT2D eigenvalue weighted by atomic mass is 32.2. The molecule has 0 aliphatic carbocycles. The molecule has 1 heterocycles. The van der Waals surface area contributed by atoms with Gasteiger partial charge in [-0.25, -0.2) is 13.1 Å². The van der Waals surface area contributed by atoms with Crippen molar-refractivity contribution in [2.45, 2.75) is 18.9 Å². The molecule has 0 amide bonds. The van der Waals surface area contributed by atoms with Gasteiger partial charge >= 0.3 is 0 Å². The van der Waals surface area contributed by atoms with E-state index in [0.717, 1.165) is 6.26 Å². The highest BCUT2D eigenvalue weighted by Gasteiger charge is 2.23. The predicted molar refractivity (Wildman–Crippen MR) is 55.9 cm³/mol. The van der Waals surface area contributed by atoms with Crippen LogP contribution in [0.4, 0.5) is 0 Å². The predicted octanol–water partition coefficient (Wildman–Crippen LogP) is 0.122. The third-order valence-corrected chi connectivity index (χ3v) is 2.52. The van der Waals surface area contributed by atoms with E-state index in [9.17, 15) is 13.5 Å². The Labute approximate surface area is 89.2 Å². The van der Waals surface area contributed by atoms with Gasteiger partial charge in [-0.1, -0.05) is 0 Å². The quantitative estimate of drug-likeness (QED) is 0.757. The highest BCUT2D eigenvalue weighted by Crippen LogP contribution is 2.12. The second kappa shape index (κ2) is 4.34. The molecule has 0 saturated heterocycles. The minimum absolute atomic E-state index is 0.0352. The Morgan fingerprint density at radius 3 is 2.73 bits per heavy atom. The van der Waals surface area contributed by atoms with Crippen LogP contribution in [0, 0.1) is 0 Å². The molecule has 86 valence electrons. The van der Waals surface area contributed by atoms with Crippen molar-refractivity contribution in [3.8, 4) is 0 Å². The largest absolute Gasteiger partial charge is 0.469 e. The number of rotatable bonds is 5. The smallest absolute Gasteiger partial charge is 0.208 e. The molecule has 2 N–H and O–H groups in total. The average Bonchev–Trinajstić information content (AvgIpc) is 2.52. The van der Waals surface area contributed by atoms with Crippen LogP contribution >= 0.6 is 0 Å². The summed E-state index contributed by atoms with van der Waals surface area (Å²) >= 11 is 0. The zero-order chi connectivity index (χ0) is 11.5. The fraction of sp³-hybridized carbons (Fsp3) is 0.556. The van der Waals surface area contributed by atoms with Gasteiger partial charge < -0.3 is 9.52 Å². The van der Waals surface area contributed by atoms with Gasteiger partial charge in [0.1, 0.15) is 5.76 Å². The Morgan fingerprint density at radius 1 is 1.60 bits per heavy atom. The number of sulfonamides is 1. The van der Waals surface area contributed by atoms with E-state index in [1.165, 1.54) is 6.26 Å². The normalized spacial score (nSPS) is 16.2. The van der Waals surface area contributed by atoms with Gasteiger partial charge in [0.2, 0.25) is 10.0 Å². The first-order chi connectivity index (χ1) is 6.79. The topological polar surface area (TPSA) is 79.5 Å². The second-order valence-electron chi connectivity index (χ2n) is 3.85. The minimum Gasteiger partial charge on any atom is -0.469 e. The van der Waals surface area contributed by atoms with Crippen molar-refractivity contribution in [3.63, 3.8) is 0 Å². The molecule has 0 aliphatic heterocycles. The van der Waals surface area contributed by atoms with Crippen molar-refractivity contribution in [1.29, 1.82) is 0 Å². The third kappa shape index (κ3) is 4.96. The van der Waals surface area contributed by atoms with Crippen LogP contribution in [0.25, 0.3) is 0 Å². The second-order valence-corrected chi connectivity index (χ2v) is 5.68. The van der Waals surface area contributed by atoms with Crippen LogP contribution in [0.2, 0.25) is 0 Å². The van der Waals surface area contributed by atoms with E-state index >= 15 is 0 Å². The Kier molecular flexibility index (Phi) is 3.54. The van der Waals surface area contributed by atoms with E-state index < -0.39 is 15.6 Å². The first-order valence-electron chi connectivity index (χ1n) is 4.48. The molecule has 1 aromatic heterocycles. The molecular formula is C9H15NO4S. The Bertz CT molecular complexity index is 394. The lowest BCUT2D eigenvalue weighted by Gasteiger charge is -2.21. The van der Waals surface area contributed by atoms with Crippen LogP contribution in [0.3, 0.4) is 0 Å². The zero-order valence-electron chi connectivity index (χ0n) is 8.73. The van der Waals surface area contributed by atoms with Gasteiger partial charge in [-0.3, -0.25) is 0 Å². The Hall–Kier alpha value is -0.850. The van der Waals surface area contributed by atoms with E-state index in [0.29, 0.717) is 5.76 Å². The first-order valence-corrected chi connectivity index (χ1v) is 6.37. The fourth-order valence-corrected chi connectivity index (χ4v) is 1.71. The highest BCUT2D eigenvalue weighted by molar-refractivity contribution is 7.88. The van der Waals surface area contributed by atoms with Crippen LogP contribution in [0.1, 0.15) is 12.7 Å². The van der Waals surface area contributed by atoms with E-state index in [-0.39, 0.29) is 13.0 Å². The summed E-state index contributed by atoms with van der Waals surface area (Å²) in [6.07, 6.45) is 2.83. The van der Waals surface area contributed by atoms with E-state index in [4.69, 9.17) is 4.42 Å². The molecule has 0 bridgehead atoms. The lowest BCUT2D eigenvalue weighted by molar-refractivity contribution is 0.0603. The van der Waals surface area contributed by atoms with Crippen molar-refractivity contribution in [2.24, 2.45) is 0 Å². The van der Waals surface area contributed by atoms with Crippen molar-refractivity contribution in [2.75, 3.05) is 12.8 Å². The molecule has 0 spiro atoms. The average molecular weight is 233 g/mol. The summed E-state index contributed by atoms with van der Waals surface area (Å²) in [5.74, 6) is 0.621. The Morgan fingerprint density at radius 2 is 2.27 bits per heavy atom. The van der Waals surface area contributed by atoms with Crippen molar-refractivity contribution >= 4 is 10.0 Å². The third-order valence-electron chi connectivity index (χ3n) is 1.85. The SMILES string of the molecule is CC(O)(CNS(C)(=O)=O)Cc1ccco1. The number of furan rings is 1. The van der Waals surface area contributed by atoms with Gasteiger partial charge in [0.15, 0.2) is 0 Å². The molecule has 0 fully saturated rings. The summed E-state index contributed by atoms with van der Waals surface area (Å²) in [4.78, 5) is 0. The van der Waals surface area contributed by atoms with Gasteiger partial charge in [-0.15, -0.1) is 0 Å². The van der Waals surface area contributed by atoms with Gasteiger partial charge in [0.05, 0.1) is 18.1 Å². The monoisotopic (exact) mass is 233 g/mol. The van der Waals surface area contributed by atoms with Gasteiger partial charge in [0.25, 0.3) is 0 Å². The van der Waals surface area contributed by atoms with Crippen molar-refractivity contribution < 1.29 is 17.9 Å². The number of nitrogens with one attached hydrogen (secondary N) is 1. The van der Waals surface area contributed by atoms with Crippen LogP contribution < -0.4 is 4.72 Å². The summed E-state index contributed by atoms with van der Waals surface area (Å²) in [6, 6.07) is 3.45. The van der Waals surface area contributed by atoms with Gasteiger partial charge in [0, 0.05) is 13.0 Å². The minimum atomic E-state index is -3.28. The van der Waals surface area contributed by atoms with E-state index in [1.807, 2.05) is 0 Å². The molecule has 6 heteroatoms. The molecule has 0 aromatic carbocycles. The first kappa shape index (κ1) is 12.2. The van der Waals surface area contributed by atoms with E-state index in [1.54, 1.807) is 19.1 Å². The molecule has 5 nitrogen and oxygen atoms in total. The summed E-state index contributed by atoms with van der Waals surface area (Å²) in [7, 11) is -3.28. The summed E-state index contributed by atoms with van der Waals surface area (Å²) in [5.41, 5.74) is -1.15. The van der Waals surface area contributed by atoms with Gasteiger partial charge in [-0.2, -0.15) is 0 Å². The van der Waals surface area contributed by atoms with Crippen LogP contribution in [0.15, 0.2) is 22.8 Å². The number of aliphatic hydroxyl groups is 1. The molecule has 0 radical (unpaired) electrons. The maximum absolute atomic E-state index is 10.8. The fourth-order valence-electron chi connectivity index (χ4n) is 1.14. The zero-order valence-corrected chi connectivity index (χ0v) is 9.54. The Balaban J connectivity index is 2.52. The molecule has 1 unspecified atom stereocenters. The lowest BCUT2D eigenvalue weighted by atomic mass is 10.0. The molecule has 1 atom stereocenters. The van der Waals surface area contributed by atoms with Gasteiger partial charge in [-0.05, 0) is 19.1 Å². The van der Waals surface area contributed by atoms with E-state index in [2.05, 4.69) is 4.72 Å². The molecule has 1 aromatic rings. The molecule has 15 heavy (non-hydrogen) atoms. The number of hydrogen-bond donors (Lipinski definition) is 2. The van der Waals surface area contributed by atoms with Crippen LogP contribution in [-0.2, 0) is 16.4 Å². The maximum atomic E-state index is 10.8. The van der Waals surface area contributed by atoms with Crippen LogP contribution in [0.5, 0.6) is 0 Å². The van der Waals surface area contributed by atoms with Crippen molar-refractivity contribution in [1.82, 2.24) is 4.72 Å². The van der Waals surface area contributed by atoms with Crippen molar-refractivity contribution in [3.05, 3.63) is 24.2 Å². The summed E-state index contributed by atoms with van der Waals surface area (Å²) in [6.45, 7) is 1.51. The number of hydrogen-bond acceptors (Lipinski definition) is 4. The standard InChI is InChI=1S/C9H15NO4S/c1-9(11,7-10-15(2,12)13)6-8-4-3-5-14-8/h3-5,10-11H,6-7H2,1-2H3. The molecule has 0 saturated carbocycles. The summed E-state index contributed by atoms with van der Waals surface area (Å²) in [5, 5.41) is 9.86. The molecule has 1 rings (SSSR count). The summed E-state index contributed by atoms with van der Waals surface area (Å²) < 4.78 is 29.0. The molecular weight excluding hydrogens is 218 g/mol. The van der Waals surface area contributed by atoms with Crippen LogP contribution in [-0.4, -0.2) is 31.9 Å².